The first kappa shape index (κ1) is 4.32. The van der Waals surface area contributed by atoms with Gasteiger partial charge in [0.2, 0.25) is 6.29 Å². The molecule has 2 aliphatic rings. The molecule has 3 nitrogen and oxygen atoms in total. The number of esters is 1. The molecule has 0 aromatic carbocycles. The predicted octanol–water partition coefficient (Wildman–Crippen LogP) is -0.0958. The predicted molar refractivity (Wildman–Crippen MR) is 23.9 cm³/mol. The first-order valence-corrected chi connectivity index (χ1v) is 2.65. The van der Waals surface area contributed by atoms with Crippen LogP contribution in [0.3, 0.4) is 0 Å². The minimum Gasteiger partial charge on any atom is -0.433 e. The Hall–Kier alpha value is -0.570. The molecule has 3 unspecified atom stereocenters. The van der Waals surface area contributed by atoms with Crippen molar-refractivity contribution in [3.05, 3.63) is 0 Å². The Kier molecular flexibility index (Phi) is 0.568. The van der Waals surface area contributed by atoms with Crippen molar-refractivity contribution >= 4 is 5.97 Å². The zero-order valence-electron chi connectivity index (χ0n) is 4.46. The van der Waals surface area contributed by atoms with Crippen molar-refractivity contribution in [1.29, 1.82) is 0 Å². The molecule has 0 spiro atoms. The van der Waals surface area contributed by atoms with E-state index in [0.717, 1.165) is 0 Å². The van der Waals surface area contributed by atoms with Gasteiger partial charge in [-0.25, -0.2) is 0 Å². The fourth-order valence-corrected chi connectivity index (χ4v) is 0.914. The first-order valence-electron chi connectivity index (χ1n) is 2.65. The average molecular weight is 114 g/mol. The Bertz CT molecular complexity index is 143. The quantitative estimate of drug-likeness (QED) is 0.326. The van der Waals surface area contributed by atoms with Gasteiger partial charge >= 0.3 is 5.97 Å². The van der Waals surface area contributed by atoms with Crippen molar-refractivity contribution in [1.82, 2.24) is 0 Å². The largest absolute Gasteiger partial charge is 0.433 e. The third-order valence-corrected chi connectivity index (χ3v) is 1.58. The summed E-state index contributed by atoms with van der Waals surface area (Å²) in [5.74, 6) is -0.147. The highest BCUT2D eigenvalue weighted by atomic mass is 16.8. The maximum atomic E-state index is 10.5. The molecular weight excluding hydrogens is 108 g/mol. The van der Waals surface area contributed by atoms with Gasteiger partial charge in [0, 0.05) is 0 Å². The van der Waals surface area contributed by atoms with E-state index in [4.69, 9.17) is 4.74 Å². The zero-order chi connectivity index (χ0) is 5.72. The van der Waals surface area contributed by atoms with Crippen LogP contribution < -0.4 is 0 Å². The van der Waals surface area contributed by atoms with Gasteiger partial charge in [-0.1, -0.05) is 0 Å². The van der Waals surface area contributed by atoms with Crippen molar-refractivity contribution in [3.8, 4) is 0 Å². The smallest absolute Gasteiger partial charge is 0.313 e. The van der Waals surface area contributed by atoms with E-state index in [2.05, 4.69) is 4.74 Å². The number of fused-ring (bicyclic) bond motifs is 1. The normalized spacial score (nSPS) is 50.6. The summed E-state index contributed by atoms with van der Waals surface area (Å²) in [5, 5.41) is 0. The molecular formula is C5H6O3. The van der Waals surface area contributed by atoms with Gasteiger partial charge in [-0.2, -0.15) is 0 Å². The molecule has 3 heteroatoms. The van der Waals surface area contributed by atoms with Crippen LogP contribution in [0.4, 0.5) is 0 Å². The molecule has 0 aliphatic carbocycles. The highest BCUT2D eigenvalue weighted by Gasteiger charge is 2.56. The maximum absolute atomic E-state index is 10.5. The van der Waals surface area contributed by atoms with Crippen LogP contribution in [-0.4, -0.2) is 18.4 Å². The van der Waals surface area contributed by atoms with E-state index in [1.807, 2.05) is 6.92 Å². The summed E-state index contributed by atoms with van der Waals surface area (Å²) in [7, 11) is 0. The second-order valence-electron chi connectivity index (χ2n) is 2.19. The van der Waals surface area contributed by atoms with Crippen molar-refractivity contribution in [2.24, 2.45) is 5.92 Å². The third-order valence-electron chi connectivity index (χ3n) is 1.58. The summed E-state index contributed by atoms with van der Waals surface area (Å²) in [6.07, 6.45) is -0.0972. The molecule has 2 rings (SSSR count). The van der Waals surface area contributed by atoms with Gasteiger partial charge in [-0.15, -0.1) is 0 Å². The lowest BCUT2D eigenvalue weighted by Crippen LogP contribution is -2.10. The van der Waals surface area contributed by atoms with Crippen LogP contribution in [0, 0.1) is 5.92 Å². The number of carbonyl (C=O) groups excluding carboxylic acids is 1. The Morgan fingerprint density at radius 1 is 1.62 bits per heavy atom. The summed E-state index contributed by atoms with van der Waals surface area (Å²) in [6.45, 7) is 1.82. The number of hydrogen-bond acceptors (Lipinski definition) is 3. The molecule has 0 bridgehead atoms. The summed E-state index contributed by atoms with van der Waals surface area (Å²) < 4.78 is 9.58. The van der Waals surface area contributed by atoms with Crippen molar-refractivity contribution in [3.63, 3.8) is 0 Å². The molecule has 0 saturated carbocycles. The van der Waals surface area contributed by atoms with Gasteiger partial charge in [0.05, 0.1) is 5.92 Å². The van der Waals surface area contributed by atoms with Gasteiger partial charge < -0.3 is 9.47 Å². The first-order chi connectivity index (χ1) is 3.79. The molecule has 0 aromatic heterocycles. The highest BCUT2D eigenvalue weighted by Crippen LogP contribution is 2.37. The van der Waals surface area contributed by atoms with E-state index in [9.17, 15) is 4.79 Å². The fourth-order valence-electron chi connectivity index (χ4n) is 0.914. The standard InChI is InChI=1S/C5H6O3/c1-2-3-5(7-3)8-4(2)6/h2-3,5H,1H3. The lowest BCUT2D eigenvalue weighted by molar-refractivity contribution is -0.150. The summed E-state index contributed by atoms with van der Waals surface area (Å²) >= 11 is 0. The fraction of sp³-hybridized carbons (Fsp3) is 0.800. The molecule has 0 aromatic rings. The number of rotatable bonds is 0. The van der Waals surface area contributed by atoms with E-state index in [1.165, 1.54) is 0 Å². The van der Waals surface area contributed by atoms with Crippen molar-refractivity contribution in [2.45, 2.75) is 19.3 Å². The van der Waals surface area contributed by atoms with E-state index in [-0.39, 0.29) is 24.3 Å². The molecule has 3 atom stereocenters. The van der Waals surface area contributed by atoms with Gasteiger partial charge in [0.15, 0.2) is 0 Å². The van der Waals surface area contributed by atoms with Crippen LogP contribution in [0.2, 0.25) is 0 Å². The Labute approximate surface area is 46.6 Å². The monoisotopic (exact) mass is 114 g/mol. The average Bonchev–Trinajstić information content (AvgIpc) is 2.39. The van der Waals surface area contributed by atoms with E-state index in [0.29, 0.717) is 0 Å². The molecule has 2 heterocycles. The number of carbonyl (C=O) groups is 1. The minimum atomic E-state index is -0.183. The SMILES string of the molecule is CC1C(=O)OC2OC21. The van der Waals surface area contributed by atoms with Crippen molar-refractivity contribution < 1.29 is 14.3 Å². The van der Waals surface area contributed by atoms with Crippen molar-refractivity contribution in [2.75, 3.05) is 0 Å². The summed E-state index contributed by atoms with van der Waals surface area (Å²) in [6, 6.07) is 0. The van der Waals surface area contributed by atoms with Crippen LogP contribution in [-0.2, 0) is 14.3 Å². The number of epoxide rings is 1. The Morgan fingerprint density at radius 3 is 2.62 bits per heavy atom. The lowest BCUT2D eigenvalue weighted by Gasteiger charge is -1.96. The van der Waals surface area contributed by atoms with Gasteiger partial charge in [0.25, 0.3) is 0 Å². The van der Waals surface area contributed by atoms with Crippen LogP contribution in [0.5, 0.6) is 0 Å². The zero-order valence-corrected chi connectivity index (χ0v) is 4.46. The van der Waals surface area contributed by atoms with Crippen LogP contribution in [0.25, 0.3) is 0 Å². The van der Waals surface area contributed by atoms with E-state index in [1.54, 1.807) is 0 Å². The van der Waals surface area contributed by atoms with Gasteiger partial charge in [-0.3, -0.25) is 4.79 Å². The molecule has 2 fully saturated rings. The number of hydrogen-bond donors (Lipinski definition) is 0. The molecule has 2 aliphatic heterocycles. The second-order valence-corrected chi connectivity index (χ2v) is 2.19. The molecule has 44 valence electrons. The van der Waals surface area contributed by atoms with E-state index >= 15 is 0 Å². The second kappa shape index (κ2) is 1.05. The molecule has 0 radical (unpaired) electrons. The van der Waals surface area contributed by atoms with Gasteiger partial charge in [0.1, 0.15) is 6.10 Å². The topological polar surface area (TPSA) is 38.8 Å². The third kappa shape index (κ3) is 0.351. The Balaban J connectivity index is 2.19. The molecule has 0 amide bonds. The molecule has 0 N–H and O–H groups in total. The Morgan fingerprint density at radius 2 is 2.38 bits per heavy atom. The maximum Gasteiger partial charge on any atom is 0.313 e. The number of ether oxygens (including phenoxy) is 2. The van der Waals surface area contributed by atoms with Crippen LogP contribution in [0.15, 0.2) is 0 Å². The molecule has 2 saturated heterocycles. The van der Waals surface area contributed by atoms with Crippen LogP contribution >= 0.6 is 0 Å². The lowest BCUT2D eigenvalue weighted by atomic mass is 10.1. The summed E-state index contributed by atoms with van der Waals surface area (Å²) in [5.41, 5.74) is 0. The van der Waals surface area contributed by atoms with Crippen LogP contribution in [0.1, 0.15) is 6.92 Å². The minimum absolute atomic E-state index is 0.0278. The highest BCUT2D eigenvalue weighted by molar-refractivity contribution is 5.76. The summed E-state index contributed by atoms with van der Waals surface area (Å²) in [4.78, 5) is 10.5. The van der Waals surface area contributed by atoms with Gasteiger partial charge in [-0.05, 0) is 6.92 Å². The van der Waals surface area contributed by atoms with E-state index < -0.39 is 0 Å². The molecule has 8 heavy (non-hydrogen) atoms.